The molecular formula is C18H17N3O2. The number of nitrogens with one attached hydrogen (secondary N) is 2. The molecule has 1 amide bonds. The zero-order valence-corrected chi connectivity index (χ0v) is 12.6. The Morgan fingerprint density at radius 1 is 1.17 bits per heavy atom. The third-order valence-electron chi connectivity index (χ3n) is 3.64. The Morgan fingerprint density at radius 2 is 2.04 bits per heavy atom. The number of rotatable bonds is 5. The number of fused-ring (bicyclic) bond motifs is 1. The number of nitrogens with zero attached hydrogens (tertiary/aromatic N) is 1. The van der Waals surface area contributed by atoms with Crippen LogP contribution >= 0.6 is 0 Å². The van der Waals surface area contributed by atoms with Gasteiger partial charge in [0.15, 0.2) is 0 Å². The molecule has 3 aromatic rings. The van der Waals surface area contributed by atoms with Crippen molar-refractivity contribution in [3.8, 4) is 0 Å². The summed E-state index contributed by atoms with van der Waals surface area (Å²) in [5.41, 5.74) is 2.10. The van der Waals surface area contributed by atoms with E-state index in [0.717, 1.165) is 16.5 Å². The number of pyridine rings is 2. The molecule has 23 heavy (non-hydrogen) atoms. The number of H-pyrrole nitrogens is 1. The van der Waals surface area contributed by atoms with E-state index in [0.29, 0.717) is 18.5 Å². The summed E-state index contributed by atoms with van der Waals surface area (Å²) in [6, 6.07) is 13.1. The average molecular weight is 307 g/mol. The van der Waals surface area contributed by atoms with Crippen LogP contribution in [0.1, 0.15) is 11.1 Å². The molecule has 0 aliphatic rings. The number of amides is 1. The summed E-state index contributed by atoms with van der Waals surface area (Å²) in [6.07, 6.45) is 4.29. The smallest absolute Gasteiger partial charge is 0.252 e. The predicted octanol–water partition coefficient (Wildman–Crippen LogP) is 1.82. The zero-order valence-electron chi connectivity index (χ0n) is 12.6. The molecule has 0 aliphatic carbocycles. The van der Waals surface area contributed by atoms with E-state index in [-0.39, 0.29) is 17.9 Å². The molecule has 0 aliphatic heterocycles. The van der Waals surface area contributed by atoms with Gasteiger partial charge in [-0.1, -0.05) is 24.3 Å². The van der Waals surface area contributed by atoms with Crippen LogP contribution in [0.3, 0.4) is 0 Å². The van der Waals surface area contributed by atoms with Crippen molar-refractivity contribution in [2.75, 3.05) is 6.54 Å². The highest BCUT2D eigenvalue weighted by Crippen LogP contribution is 2.10. The third-order valence-corrected chi connectivity index (χ3v) is 3.64. The van der Waals surface area contributed by atoms with Crippen LogP contribution in [-0.4, -0.2) is 22.4 Å². The van der Waals surface area contributed by atoms with E-state index in [1.165, 1.54) is 0 Å². The van der Waals surface area contributed by atoms with E-state index in [1.807, 2.05) is 36.4 Å². The minimum atomic E-state index is -0.217. The van der Waals surface area contributed by atoms with Crippen molar-refractivity contribution < 1.29 is 4.79 Å². The molecule has 5 nitrogen and oxygen atoms in total. The summed E-state index contributed by atoms with van der Waals surface area (Å²) < 4.78 is 0. The fourth-order valence-corrected chi connectivity index (χ4v) is 2.45. The molecule has 0 unspecified atom stereocenters. The lowest BCUT2D eigenvalue weighted by Crippen LogP contribution is -2.29. The van der Waals surface area contributed by atoms with E-state index in [4.69, 9.17) is 0 Å². The van der Waals surface area contributed by atoms with Gasteiger partial charge in [-0.3, -0.25) is 14.6 Å². The molecule has 0 fully saturated rings. The Hall–Kier alpha value is -2.95. The first kappa shape index (κ1) is 15.0. The molecule has 3 rings (SSSR count). The van der Waals surface area contributed by atoms with Gasteiger partial charge in [-0.2, -0.15) is 0 Å². The Kier molecular flexibility index (Phi) is 4.47. The molecule has 0 atom stereocenters. The lowest BCUT2D eigenvalue weighted by molar-refractivity contribution is -0.120. The van der Waals surface area contributed by atoms with E-state index in [9.17, 15) is 9.59 Å². The van der Waals surface area contributed by atoms with E-state index in [2.05, 4.69) is 15.3 Å². The van der Waals surface area contributed by atoms with Gasteiger partial charge >= 0.3 is 0 Å². The van der Waals surface area contributed by atoms with Gasteiger partial charge < -0.3 is 10.3 Å². The molecule has 116 valence electrons. The SMILES string of the molecule is O=C(Cc1cc2ccccc2[nH]c1=O)NCCc1cccnc1. The van der Waals surface area contributed by atoms with Crippen molar-refractivity contribution >= 4 is 16.8 Å². The van der Waals surface area contributed by atoms with Gasteiger partial charge in [-0.25, -0.2) is 0 Å². The second-order valence-corrected chi connectivity index (χ2v) is 5.35. The van der Waals surface area contributed by atoms with Crippen LogP contribution in [0.25, 0.3) is 10.9 Å². The number of aromatic amines is 1. The monoisotopic (exact) mass is 307 g/mol. The van der Waals surface area contributed by atoms with Gasteiger partial charge in [0.1, 0.15) is 0 Å². The number of hydrogen-bond acceptors (Lipinski definition) is 3. The number of aromatic nitrogens is 2. The van der Waals surface area contributed by atoms with Crippen LogP contribution < -0.4 is 10.9 Å². The highest BCUT2D eigenvalue weighted by molar-refractivity contribution is 5.82. The fourth-order valence-electron chi connectivity index (χ4n) is 2.45. The van der Waals surface area contributed by atoms with Crippen LogP contribution in [0, 0.1) is 0 Å². The van der Waals surface area contributed by atoms with Gasteiger partial charge in [-0.15, -0.1) is 0 Å². The topological polar surface area (TPSA) is 74.8 Å². The van der Waals surface area contributed by atoms with Gasteiger partial charge in [0.2, 0.25) is 5.91 Å². The standard InChI is InChI=1S/C18H17N3O2/c22-17(20-9-7-13-4-3-8-19-12-13)11-15-10-14-5-1-2-6-16(14)21-18(15)23/h1-6,8,10,12H,7,9,11H2,(H,20,22)(H,21,23). The van der Waals surface area contributed by atoms with Crippen molar-refractivity contribution in [3.05, 3.63) is 76.3 Å². The van der Waals surface area contributed by atoms with E-state index >= 15 is 0 Å². The molecule has 0 saturated carbocycles. The van der Waals surface area contributed by atoms with Crippen molar-refractivity contribution in [1.82, 2.24) is 15.3 Å². The highest BCUT2D eigenvalue weighted by atomic mass is 16.2. The van der Waals surface area contributed by atoms with Crippen molar-refractivity contribution in [3.63, 3.8) is 0 Å². The molecular weight excluding hydrogens is 290 g/mol. The molecule has 0 radical (unpaired) electrons. The largest absolute Gasteiger partial charge is 0.355 e. The Morgan fingerprint density at radius 3 is 2.87 bits per heavy atom. The molecule has 2 aromatic heterocycles. The third kappa shape index (κ3) is 3.83. The van der Waals surface area contributed by atoms with Gasteiger partial charge in [0.25, 0.3) is 5.56 Å². The zero-order chi connectivity index (χ0) is 16.1. The fraction of sp³-hybridized carbons (Fsp3) is 0.167. The molecule has 2 heterocycles. The molecule has 0 saturated heterocycles. The minimum absolute atomic E-state index is 0.0766. The quantitative estimate of drug-likeness (QED) is 0.755. The van der Waals surface area contributed by atoms with Crippen molar-refractivity contribution in [2.45, 2.75) is 12.8 Å². The number of carbonyl (C=O) groups excluding carboxylic acids is 1. The van der Waals surface area contributed by atoms with Crippen molar-refractivity contribution in [1.29, 1.82) is 0 Å². The molecule has 0 spiro atoms. The van der Waals surface area contributed by atoms with E-state index in [1.54, 1.807) is 18.5 Å². The number of carbonyl (C=O) groups is 1. The van der Waals surface area contributed by atoms with Gasteiger partial charge in [0, 0.05) is 30.0 Å². The molecule has 1 aromatic carbocycles. The second-order valence-electron chi connectivity index (χ2n) is 5.35. The molecule has 0 bridgehead atoms. The highest BCUT2D eigenvalue weighted by Gasteiger charge is 2.08. The summed E-state index contributed by atoms with van der Waals surface area (Å²) in [5, 5.41) is 3.76. The normalized spacial score (nSPS) is 10.6. The van der Waals surface area contributed by atoms with Crippen LogP contribution in [0.15, 0.2) is 59.7 Å². The average Bonchev–Trinajstić information content (AvgIpc) is 2.56. The van der Waals surface area contributed by atoms with E-state index < -0.39 is 0 Å². The lowest BCUT2D eigenvalue weighted by atomic mass is 10.1. The number of para-hydroxylation sites is 1. The maximum absolute atomic E-state index is 12.0. The maximum atomic E-state index is 12.0. The lowest BCUT2D eigenvalue weighted by Gasteiger charge is -2.06. The van der Waals surface area contributed by atoms with Crippen LogP contribution in [0.4, 0.5) is 0 Å². The number of hydrogen-bond donors (Lipinski definition) is 2. The second kappa shape index (κ2) is 6.87. The molecule has 2 N–H and O–H groups in total. The minimum Gasteiger partial charge on any atom is -0.355 e. The summed E-state index contributed by atoms with van der Waals surface area (Å²) in [7, 11) is 0. The first-order valence-corrected chi connectivity index (χ1v) is 7.49. The summed E-state index contributed by atoms with van der Waals surface area (Å²) >= 11 is 0. The van der Waals surface area contributed by atoms with Crippen LogP contribution in [0.2, 0.25) is 0 Å². The Labute approximate surface area is 133 Å². The van der Waals surface area contributed by atoms with Crippen LogP contribution in [-0.2, 0) is 17.6 Å². The summed E-state index contributed by atoms with van der Waals surface area (Å²) in [6.45, 7) is 0.524. The first-order valence-electron chi connectivity index (χ1n) is 7.49. The number of benzene rings is 1. The summed E-state index contributed by atoms with van der Waals surface area (Å²) in [4.78, 5) is 30.9. The van der Waals surface area contributed by atoms with Gasteiger partial charge in [-0.05, 0) is 35.6 Å². The Balaban J connectivity index is 1.61. The first-order chi connectivity index (χ1) is 11.2. The van der Waals surface area contributed by atoms with Crippen LogP contribution in [0.5, 0.6) is 0 Å². The summed E-state index contributed by atoms with van der Waals surface area (Å²) in [5.74, 6) is -0.158. The maximum Gasteiger partial charge on any atom is 0.252 e. The van der Waals surface area contributed by atoms with Gasteiger partial charge in [0.05, 0.1) is 6.42 Å². The molecule has 5 heteroatoms. The predicted molar refractivity (Wildman–Crippen MR) is 89.2 cm³/mol. The van der Waals surface area contributed by atoms with Crippen molar-refractivity contribution in [2.24, 2.45) is 0 Å². The Bertz CT molecular complexity index is 872.